The molecule has 1 aromatic rings. The Labute approximate surface area is 135 Å². The van der Waals surface area contributed by atoms with Crippen molar-refractivity contribution in [3.63, 3.8) is 0 Å². The van der Waals surface area contributed by atoms with Crippen molar-refractivity contribution < 1.29 is 4.74 Å². The maximum atomic E-state index is 6.10. The minimum Gasteiger partial charge on any atom is -0.381 e. The molecule has 1 fully saturated rings. The summed E-state index contributed by atoms with van der Waals surface area (Å²) in [7, 11) is 2.20. The summed E-state index contributed by atoms with van der Waals surface area (Å²) >= 11 is 9.81. The molecule has 0 aromatic heterocycles. The second-order valence-electron chi connectivity index (χ2n) is 5.89. The van der Waals surface area contributed by atoms with E-state index in [9.17, 15) is 0 Å². The summed E-state index contributed by atoms with van der Waals surface area (Å²) in [6.45, 7) is 5.08. The van der Waals surface area contributed by atoms with E-state index in [-0.39, 0.29) is 0 Å². The molecule has 0 amide bonds. The minimum absolute atomic E-state index is 0.333. The number of benzene rings is 1. The molecule has 1 aliphatic heterocycles. The molecule has 0 N–H and O–H groups in total. The van der Waals surface area contributed by atoms with E-state index in [1.165, 1.54) is 5.56 Å². The Hall–Kier alpha value is -0.0900. The predicted molar refractivity (Wildman–Crippen MR) is 88.8 cm³/mol. The van der Waals surface area contributed by atoms with E-state index in [4.69, 9.17) is 16.3 Å². The Morgan fingerprint density at radius 1 is 1.40 bits per heavy atom. The van der Waals surface area contributed by atoms with Crippen LogP contribution in [0.5, 0.6) is 0 Å². The molecule has 0 spiro atoms. The first-order valence-electron chi connectivity index (χ1n) is 7.16. The smallest absolute Gasteiger partial charge is 0.0472 e. The van der Waals surface area contributed by atoms with Gasteiger partial charge in [-0.2, -0.15) is 0 Å². The summed E-state index contributed by atoms with van der Waals surface area (Å²) in [5.74, 6) is 0. The fourth-order valence-corrected chi connectivity index (χ4v) is 3.76. The third-order valence-electron chi connectivity index (χ3n) is 4.41. The Bertz CT molecular complexity index is 434. The summed E-state index contributed by atoms with van der Waals surface area (Å²) < 4.78 is 5.51. The van der Waals surface area contributed by atoms with Gasteiger partial charge in [-0.05, 0) is 49.9 Å². The minimum atomic E-state index is 0.333. The van der Waals surface area contributed by atoms with Gasteiger partial charge in [0.25, 0.3) is 0 Å². The van der Waals surface area contributed by atoms with Crippen LogP contribution in [-0.4, -0.2) is 37.0 Å². The lowest BCUT2D eigenvalue weighted by molar-refractivity contribution is 0.00675. The molecule has 20 heavy (non-hydrogen) atoms. The lowest BCUT2D eigenvalue weighted by Gasteiger charge is -2.40. The zero-order valence-electron chi connectivity index (χ0n) is 12.2. The molecular formula is C16H23BrClNO. The zero-order chi connectivity index (χ0) is 14.6. The summed E-state index contributed by atoms with van der Waals surface area (Å²) in [4.78, 5) is 2.43. The molecular weight excluding hydrogens is 338 g/mol. The molecule has 1 aromatic carbocycles. The van der Waals surface area contributed by atoms with Crippen molar-refractivity contribution in [2.45, 2.75) is 25.8 Å². The predicted octanol–water partition coefficient (Wildman–Crippen LogP) is 4.52. The van der Waals surface area contributed by atoms with Gasteiger partial charge in [-0.25, -0.2) is 0 Å². The normalized spacial score (nSPS) is 20.1. The summed E-state index contributed by atoms with van der Waals surface area (Å²) in [5.41, 5.74) is 1.61. The molecule has 1 heterocycles. The second kappa shape index (κ2) is 7.26. The Morgan fingerprint density at radius 3 is 2.70 bits per heavy atom. The van der Waals surface area contributed by atoms with Crippen LogP contribution in [0.2, 0.25) is 5.02 Å². The molecule has 1 unspecified atom stereocenters. The van der Waals surface area contributed by atoms with Crippen molar-refractivity contribution in [3.05, 3.63) is 34.9 Å². The van der Waals surface area contributed by atoms with Crippen LogP contribution in [-0.2, 0) is 4.74 Å². The first-order chi connectivity index (χ1) is 9.56. The zero-order valence-corrected chi connectivity index (χ0v) is 14.6. The summed E-state index contributed by atoms with van der Waals surface area (Å²) in [5, 5.41) is 1.85. The molecule has 0 saturated carbocycles. The maximum Gasteiger partial charge on any atom is 0.0472 e. The fraction of sp³-hybridized carbons (Fsp3) is 0.625. The van der Waals surface area contributed by atoms with Gasteiger partial charge in [-0.3, -0.25) is 4.90 Å². The van der Waals surface area contributed by atoms with E-state index in [2.05, 4.69) is 46.9 Å². The van der Waals surface area contributed by atoms with Gasteiger partial charge in [0.15, 0.2) is 0 Å². The van der Waals surface area contributed by atoms with Crippen LogP contribution < -0.4 is 0 Å². The van der Waals surface area contributed by atoms with Crippen molar-refractivity contribution in [2.75, 3.05) is 32.1 Å². The molecule has 4 heteroatoms. The van der Waals surface area contributed by atoms with Crippen LogP contribution in [0.3, 0.4) is 0 Å². The lowest BCUT2D eigenvalue weighted by Crippen LogP contribution is -2.42. The quantitative estimate of drug-likeness (QED) is 0.716. The highest BCUT2D eigenvalue weighted by molar-refractivity contribution is 9.09. The topological polar surface area (TPSA) is 12.5 Å². The lowest BCUT2D eigenvalue weighted by atomic mass is 9.81. The van der Waals surface area contributed by atoms with E-state index >= 15 is 0 Å². The summed E-state index contributed by atoms with van der Waals surface area (Å²) in [6, 6.07) is 8.53. The average Bonchev–Trinajstić information content (AvgIpc) is 2.47. The maximum absolute atomic E-state index is 6.10. The van der Waals surface area contributed by atoms with Gasteiger partial charge in [0, 0.05) is 36.2 Å². The van der Waals surface area contributed by atoms with Gasteiger partial charge in [-0.15, -0.1) is 0 Å². The fourth-order valence-electron chi connectivity index (χ4n) is 2.83. The highest BCUT2D eigenvalue weighted by Crippen LogP contribution is 2.35. The Morgan fingerprint density at radius 2 is 2.10 bits per heavy atom. The van der Waals surface area contributed by atoms with Crippen LogP contribution in [0.15, 0.2) is 24.3 Å². The largest absolute Gasteiger partial charge is 0.381 e. The van der Waals surface area contributed by atoms with Crippen LogP contribution in [0, 0.1) is 5.41 Å². The Kier molecular flexibility index (Phi) is 5.91. The molecule has 112 valence electrons. The molecule has 1 aliphatic rings. The monoisotopic (exact) mass is 359 g/mol. The van der Waals surface area contributed by atoms with E-state index in [0.29, 0.717) is 11.5 Å². The van der Waals surface area contributed by atoms with Gasteiger partial charge in [0.2, 0.25) is 0 Å². The average molecular weight is 361 g/mol. The number of alkyl halides is 1. The highest BCUT2D eigenvalue weighted by Gasteiger charge is 2.33. The van der Waals surface area contributed by atoms with E-state index in [1.807, 2.05) is 12.1 Å². The third-order valence-corrected chi connectivity index (χ3v) is 5.84. The van der Waals surface area contributed by atoms with Crippen molar-refractivity contribution in [2.24, 2.45) is 5.41 Å². The molecule has 2 nitrogen and oxygen atoms in total. The van der Waals surface area contributed by atoms with Crippen LogP contribution in [0.25, 0.3) is 0 Å². The molecule has 0 radical (unpaired) electrons. The first kappa shape index (κ1) is 16.3. The van der Waals surface area contributed by atoms with Crippen LogP contribution in [0.1, 0.15) is 31.4 Å². The van der Waals surface area contributed by atoms with Crippen molar-refractivity contribution in [1.82, 2.24) is 4.90 Å². The van der Waals surface area contributed by atoms with Crippen molar-refractivity contribution >= 4 is 27.5 Å². The second-order valence-corrected chi connectivity index (χ2v) is 6.89. The van der Waals surface area contributed by atoms with Crippen molar-refractivity contribution in [1.29, 1.82) is 0 Å². The highest BCUT2D eigenvalue weighted by atomic mass is 79.9. The molecule has 0 aliphatic carbocycles. The molecule has 1 saturated heterocycles. The number of nitrogens with zero attached hydrogens (tertiary/aromatic N) is 1. The number of halogens is 2. The van der Waals surface area contributed by atoms with Gasteiger partial charge in [0.05, 0.1) is 0 Å². The van der Waals surface area contributed by atoms with E-state index < -0.39 is 0 Å². The number of rotatable bonds is 5. The SMILES string of the molecule is CC(c1cccc(Cl)c1)N(C)CC1(CBr)CCOCC1. The van der Waals surface area contributed by atoms with E-state index in [1.54, 1.807) is 0 Å². The number of hydrogen-bond acceptors (Lipinski definition) is 2. The van der Waals surface area contributed by atoms with Crippen LogP contribution >= 0.6 is 27.5 Å². The molecule has 0 bridgehead atoms. The van der Waals surface area contributed by atoms with Gasteiger partial charge >= 0.3 is 0 Å². The van der Waals surface area contributed by atoms with E-state index in [0.717, 1.165) is 43.0 Å². The molecule has 1 atom stereocenters. The van der Waals surface area contributed by atoms with Crippen LogP contribution in [0.4, 0.5) is 0 Å². The number of ether oxygens (including phenoxy) is 1. The standard InChI is InChI=1S/C16H23BrClNO/c1-13(14-4-3-5-15(18)10-14)19(2)12-16(11-17)6-8-20-9-7-16/h3-5,10,13H,6-9,11-12H2,1-2H3. The van der Waals surface area contributed by atoms with Gasteiger partial charge in [0.1, 0.15) is 0 Å². The third kappa shape index (κ3) is 3.97. The van der Waals surface area contributed by atoms with Crippen molar-refractivity contribution in [3.8, 4) is 0 Å². The van der Waals surface area contributed by atoms with Gasteiger partial charge < -0.3 is 4.74 Å². The van der Waals surface area contributed by atoms with Gasteiger partial charge in [-0.1, -0.05) is 39.7 Å². The first-order valence-corrected chi connectivity index (χ1v) is 8.66. The Balaban J connectivity index is 2.04. The molecule has 2 rings (SSSR count). The number of hydrogen-bond donors (Lipinski definition) is 0. The summed E-state index contributed by atoms with van der Waals surface area (Å²) in [6.07, 6.45) is 2.26.